The molecule has 1 atom stereocenters. The second-order valence-corrected chi connectivity index (χ2v) is 7.83. The van der Waals surface area contributed by atoms with E-state index in [-0.39, 0.29) is 0 Å². The van der Waals surface area contributed by atoms with Gasteiger partial charge in [0, 0.05) is 23.0 Å². The zero-order valence-corrected chi connectivity index (χ0v) is 17.4. The van der Waals surface area contributed by atoms with E-state index in [2.05, 4.69) is 138 Å². The molecule has 0 heterocycles. The van der Waals surface area contributed by atoms with Crippen molar-refractivity contribution in [1.82, 2.24) is 0 Å². The predicted octanol–water partition coefficient (Wildman–Crippen LogP) is 8.42. The molecule has 1 nitrogen and oxygen atoms in total. The molecule has 0 saturated carbocycles. The zero-order valence-electron chi connectivity index (χ0n) is 17.4. The summed E-state index contributed by atoms with van der Waals surface area (Å²) in [5.41, 5.74) is 7.29. The number of para-hydroxylation sites is 1. The number of hydrogen-bond acceptors (Lipinski definition) is 1. The summed E-state index contributed by atoms with van der Waals surface area (Å²) in [7, 11) is 0. The summed E-state index contributed by atoms with van der Waals surface area (Å²) in [6, 6.07) is 38.9. The van der Waals surface area contributed by atoms with Crippen molar-refractivity contribution < 1.29 is 0 Å². The highest BCUT2D eigenvalue weighted by molar-refractivity contribution is 5.78. The van der Waals surface area contributed by atoms with Crippen molar-refractivity contribution in [3.63, 3.8) is 0 Å². The quantitative estimate of drug-likeness (QED) is 0.325. The average Bonchev–Trinajstić information content (AvgIpc) is 2.87. The van der Waals surface area contributed by atoms with E-state index in [4.69, 9.17) is 0 Å². The predicted molar refractivity (Wildman–Crippen MR) is 132 cm³/mol. The molecule has 1 unspecified atom stereocenters. The SMILES string of the molecule is C1=CCC(c2ccc(N(c3ccccc3)c3ccc(-c4ccccc4)cc3)cc2)C=C1. The van der Waals surface area contributed by atoms with Gasteiger partial charge in [-0.2, -0.15) is 0 Å². The van der Waals surface area contributed by atoms with Crippen LogP contribution in [0.15, 0.2) is 133 Å². The summed E-state index contributed by atoms with van der Waals surface area (Å²) in [6.07, 6.45) is 9.86. The van der Waals surface area contributed by atoms with Crippen LogP contribution in [-0.4, -0.2) is 0 Å². The Morgan fingerprint density at radius 3 is 1.68 bits per heavy atom. The number of benzene rings is 4. The minimum atomic E-state index is 0.467. The lowest BCUT2D eigenvalue weighted by Gasteiger charge is -2.26. The van der Waals surface area contributed by atoms with Gasteiger partial charge in [0.05, 0.1) is 0 Å². The van der Waals surface area contributed by atoms with Crippen molar-refractivity contribution in [2.24, 2.45) is 0 Å². The number of nitrogens with zero attached hydrogens (tertiary/aromatic N) is 1. The van der Waals surface area contributed by atoms with E-state index >= 15 is 0 Å². The average molecular weight is 400 g/mol. The van der Waals surface area contributed by atoms with Crippen LogP contribution in [0, 0.1) is 0 Å². The Morgan fingerprint density at radius 1 is 0.516 bits per heavy atom. The summed E-state index contributed by atoms with van der Waals surface area (Å²) in [5.74, 6) is 0.467. The summed E-state index contributed by atoms with van der Waals surface area (Å²) < 4.78 is 0. The lowest BCUT2D eigenvalue weighted by Crippen LogP contribution is -2.10. The molecule has 0 saturated heterocycles. The standard InChI is InChI=1S/C30H25N/c1-4-10-24(11-5-1)26-16-20-29(21-17-26)31(28-14-8-3-9-15-28)30-22-18-27(19-23-30)25-12-6-2-7-13-25/h1-12,14-23,25H,13H2. The molecule has 5 rings (SSSR count). The molecule has 0 bridgehead atoms. The van der Waals surface area contributed by atoms with Gasteiger partial charge in [-0.25, -0.2) is 0 Å². The highest BCUT2D eigenvalue weighted by Gasteiger charge is 2.14. The van der Waals surface area contributed by atoms with Crippen LogP contribution in [0.25, 0.3) is 11.1 Å². The molecule has 4 aromatic rings. The van der Waals surface area contributed by atoms with Crippen LogP contribution in [0.2, 0.25) is 0 Å². The van der Waals surface area contributed by atoms with Gasteiger partial charge < -0.3 is 4.90 Å². The van der Waals surface area contributed by atoms with E-state index in [1.54, 1.807) is 0 Å². The van der Waals surface area contributed by atoms with Crippen LogP contribution < -0.4 is 4.90 Å². The molecule has 0 amide bonds. The fourth-order valence-electron chi connectivity index (χ4n) is 4.16. The fraction of sp³-hybridized carbons (Fsp3) is 0.0667. The first-order valence-corrected chi connectivity index (χ1v) is 10.8. The molecule has 4 aromatic carbocycles. The summed E-state index contributed by atoms with van der Waals surface area (Å²) in [5, 5.41) is 0. The van der Waals surface area contributed by atoms with Gasteiger partial charge >= 0.3 is 0 Å². The van der Waals surface area contributed by atoms with Crippen molar-refractivity contribution in [1.29, 1.82) is 0 Å². The van der Waals surface area contributed by atoms with E-state index < -0.39 is 0 Å². The van der Waals surface area contributed by atoms with E-state index in [9.17, 15) is 0 Å². The van der Waals surface area contributed by atoms with Crippen molar-refractivity contribution >= 4 is 17.1 Å². The molecule has 0 aliphatic heterocycles. The van der Waals surface area contributed by atoms with E-state index in [1.807, 2.05) is 0 Å². The molecule has 1 aliphatic carbocycles. The van der Waals surface area contributed by atoms with Crippen LogP contribution in [0.4, 0.5) is 17.1 Å². The molecule has 0 aromatic heterocycles. The van der Waals surface area contributed by atoms with Gasteiger partial charge in [-0.05, 0) is 59.5 Å². The van der Waals surface area contributed by atoms with Crippen LogP contribution in [0.5, 0.6) is 0 Å². The Balaban J connectivity index is 1.49. The number of anilines is 3. The molecular formula is C30H25N. The van der Waals surface area contributed by atoms with E-state index in [0.29, 0.717) is 5.92 Å². The van der Waals surface area contributed by atoms with Crippen molar-refractivity contribution in [2.45, 2.75) is 12.3 Å². The van der Waals surface area contributed by atoms with E-state index in [1.165, 1.54) is 16.7 Å². The maximum Gasteiger partial charge on any atom is 0.0462 e. The van der Waals surface area contributed by atoms with Gasteiger partial charge in [-0.15, -0.1) is 0 Å². The van der Waals surface area contributed by atoms with Crippen molar-refractivity contribution in [3.8, 4) is 11.1 Å². The second kappa shape index (κ2) is 8.89. The number of allylic oxidation sites excluding steroid dienone is 4. The van der Waals surface area contributed by atoms with Crippen LogP contribution in [0.1, 0.15) is 17.9 Å². The van der Waals surface area contributed by atoms with Gasteiger partial charge in [-0.1, -0.05) is 97.1 Å². The lowest BCUT2D eigenvalue weighted by atomic mass is 9.92. The smallest absolute Gasteiger partial charge is 0.0462 e. The maximum atomic E-state index is 2.31. The Bertz CT molecular complexity index is 1170. The Hall–Kier alpha value is -3.84. The normalized spacial score (nSPS) is 15.0. The third-order valence-electron chi connectivity index (χ3n) is 5.81. The van der Waals surface area contributed by atoms with Crippen LogP contribution in [-0.2, 0) is 0 Å². The topological polar surface area (TPSA) is 3.24 Å². The van der Waals surface area contributed by atoms with Crippen molar-refractivity contribution in [3.05, 3.63) is 139 Å². The molecule has 150 valence electrons. The first-order valence-electron chi connectivity index (χ1n) is 10.8. The van der Waals surface area contributed by atoms with Gasteiger partial charge in [0.15, 0.2) is 0 Å². The molecule has 0 N–H and O–H groups in total. The zero-order chi connectivity index (χ0) is 20.9. The molecule has 1 aliphatic rings. The third-order valence-corrected chi connectivity index (χ3v) is 5.81. The van der Waals surface area contributed by atoms with Gasteiger partial charge in [-0.3, -0.25) is 0 Å². The Kier molecular flexibility index (Phi) is 5.49. The maximum absolute atomic E-state index is 2.31. The highest BCUT2D eigenvalue weighted by Crippen LogP contribution is 2.36. The van der Waals surface area contributed by atoms with Gasteiger partial charge in [0.25, 0.3) is 0 Å². The first kappa shape index (κ1) is 19.1. The second-order valence-electron chi connectivity index (χ2n) is 7.83. The minimum Gasteiger partial charge on any atom is -0.311 e. The monoisotopic (exact) mass is 399 g/mol. The molecule has 0 fully saturated rings. The van der Waals surface area contributed by atoms with Crippen LogP contribution in [0.3, 0.4) is 0 Å². The summed E-state index contributed by atoms with van der Waals surface area (Å²) >= 11 is 0. The minimum absolute atomic E-state index is 0.467. The number of rotatable bonds is 5. The highest BCUT2D eigenvalue weighted by atomic mass is 15.1. The Labute approximate surface area is 184 Å². The molecule has 0 radical (unpaired) electrons. The summed E-state index contributed by atoms with van der Waals surface area (Å²) in [4.78, 5) is 2.31. The van der Waals surface area contributed by atoms with Gasteiger partial charge in [0.2, 0.25) is 0 Å². The van der Waals surface area contributed by atoms with E-state index in [0.717, 1.165) is 23.5 Å². The first-order chi connectivity index (χ1) is 15.4. The fourth-order valence-corrected chi connectivity index (χ4v) is 4.16. The van der Waals surface area contributed by atoms with Crippen molar-refractivity contribution in [2.75, 3.05) is 4.90 Å². The number of hydrogen-bond donors (Lipinski definition) is 0. The largest absolute Gasteiger partial charge is 0.311 e. The molecule has 0 spiro atoms. The molecule has 31 heavy (non-hydrogen) atoms. The molecule has 1 heteroatoms. The van der Waals surface area contributed by atoms with Crippen LogP contribution >= 0.6 is 0 Å². The Morgan fingerprint density at radius 2 is 1.06 bits per heavy atom. The molecular weight excluding hydrogens is 374 g/mol. The summed E-state index contributed by atoms with van der Waals surface area (Å²) in [6.45, 7) is 0. The third kappa shape index (κ3) is 4.22. The lowest BCUT2D eigenvalue weighted by molar-refractivity contribution is 0.854. The van der Waals surface area contributed by atoms with Gasteiger partial charge in [0.1, 0.15) is 0 Å².